The first kappa shape index (κ1) is 8.55. The molecule has 1 aromatic heterocycles. The highest BCUT2D eigenvalue weighted by Crippen LogP contribution is 2.08. The van der Waals surface area contributed by atoms with Crippen LogP contribution < -0.4 is 0 Å². The molecule has 1 aromatic rings. The molecule has 11 heavy (non-hydrogen) atoms. The SMILES string of the molecule is OCCCSCc1ncon1. The van der Waals surface area contributed by atoms with Crippen molar-refractivity contribution in [2.75, 3.05) is 12.4 Å². The number of aliphatic hydroxyl groups is 1. The molecular formula is C6H10N2O2S. The highest BCUT2D eigenvalue weighted by Gasteiger charge is 1.96. The molecule has 0 spiro atoms. The van der Waals surface area contributed by atoms with Crippen LogP contribution in [0.2, 0.25) is 0 Å². The van der Waals surface area contributed by atoms with E-state index in [4.69, 9.17) is 5.11 Å². The molecular weight excluding hydrogens is 164 g/mol. The van der Waals surface area contributed by atoms with Gasteiger partial charge in [0.1, 0.15) is 0 Å². The van der Waals surface area contributed by atoms with Gasteiger partial charge in [0.25, 0.3) is 0 Å². The quantitative estimate of drug-likeness (QED) is 0.665. The first-order valence-corrected chi connectivity index (χ1v) is 4.53. The minimum absolute atomic E-state index is 0.249. The molecule has 0 bridgehead atoms. The molecule has 0 atom stereocenters. The molecule has 0 aliphatic heterocycles. The van der Waals surface area contributed by atoms with Gasteiger partial charge in [0.15, 0.2) is 5.82 Å². The van der Waals surface area contributed by atoms with Crippen LogP contribution in [-0.4, -0.2) is 27.6 Å². The van der Waals surface area contributed by atoms with Crippen molar-refractivity contribution in [2.45, 2.75) is 12.2 Å². The molecule has 1 heterocycles. The van der Waals surface area contributed by atoms with E-state index in [0.717, 1.165) is 17.9 Å². The van der Waals surface area contributed by atoms with Crippen molar-refractivity contribution in [1.82, 2.24) is 10.1 Å². The van der Waals surface area contributed by atoms with E-state index >= 15 is 0 Å². The van der Waals surface area contributed by atoms with Crippen molar-refractivity contribution in [3.63, 3.8) is 0 Å². The second kappa shape index (κ2) is 5.15. The predicted octanol–water partition coefficient (Wildman–Crippen LogP) is 0.685. The highest BCUT2D eigenvalue weighted by atomic mass is 32.2. The maximum atomic E-state index is 8.46. The van der Waals surface area contributed by atoms with Gasteiger partial charge in [-0.05, 0) is 12.2 Å². The van der Waals surface area contributed by atoms with Gasteiger partial charge in [-0.25, -0.2) is 0 Å². The number of thioether (sulfide) groups is 1. The summed E-state index contributed by atoms with van der Waals surface area (Å²) < 4.78 is 4.55. The maximum Gasteiger partial charge on any atom is 0.213 e. The van der Waals surface area contributed by atoms with Crippen LogP contribution in [0, 0.1) is 0 Å². The van der Waals surface area contributed by atoms with Gasteiger partial charge in [-0.3, -0.25) is 0 Å². The summed E-state index contributed by atoms with van der Waals surface area (Å²) in [6.07, 6.45) is 2.14. The largest absolute Gasteiger partial charge is 0.396 e. The summed E-state index contributed by atoms with van der Waals surface area (Å²) in [5.74, 6) is 2.41. The molecule has 0 aromatic carbocycles. The lowest BCUT2D eigenvalue weighted by molar-refractivity contribution is 0.296. The molecule has 62 valence electrons. The number of aliphatic hydroxyl groups excluding tert-OH is 1. The third-order valence-electron chi connectivity index (χ3n) is 1.08. The molecule has 0 saturated carbocycles. The van der Waals surface area contributed by atoms with Crippen molar-refractivity contribution >= 4 is 11.8 Å². The third-order valence-corrected chi connectivity index (χ3v) is 2.12. The van der Waals surface area contributed by atoms with Crippen LogP contribution in [-0.2, 0) is 5.75 Å². The summed E-state index contributed by atoms with van der Waals surface area (Å²) in [4.78, 5) is 3.85. The molecule has 1 rings (SSSR count). The first-order chi connectivity index (χ1) is 5.43. The van der Waals surface area contributed by atoms with Gasteiger partial charge in [-0.1, -0.05) is 5.16 Å². The van der Waals surface area contributed by atoms with Gasteiger partial charge in [0.05, 0.1) is 5.75 Å². The molecule has 0 aliphatic carbocycles. The second-order valence-electron chi connectivity index (χ2n) is 1.98. The summed E-state index contributed by atoms with van der Waals surface area (Å²) in [6.45, 7) is 0.249. The zero-order valence-corrected chi connectivity index (χ0v) is 6.88. The van der Waals surface area contributed by atoms with Gasteiger partial charge in [-0.15, -0.1) is 0 Å². The Balaban J connectivity index is 2.04. The van der Waals surface area contributed by atoms with Crippen LogP contribution in [0.15, 0.2) is 10.9 Å². The normalized spacial score (nSPS) is 10.3. The topological polar surface area (TPSA) is 59.2 Å². The Kier molecular flexibility index (Phi) is 4.00. The van der Waals surface area contributed by atoms with Gasteiger partial charge in [0.2, 0.25) is 6.39 Å². The number of hydrogen-bond donors (Lipinski definition) is 1. The van der Waals surface area contributed by atoms with Gasteiger partial charge >= 0.3 is 0 Å². The van der Waals surface area contributed by atoms with Crippen LogP contribution in [0.4, 0.5) is 0 Å². The van der Waals surface area contributed by atoms with Crippen LogP contribution >= 0.6 is 11.8 Å². The Labute approximate surface area is 69.0 Å². The number of nitrogens with zero attached hydrogens (tertiary/aromatic N) is 2. The fourth-order valence-electron chi connectivity index (χ4n) is 0.586. The second-order valence-corrected chi connectivity index (χ2v) is 3.08. The lowest BCUT2D eigenvalue weighted by Gasteiger charge is -1.93. The standard InChI is InChI=1S/C6H10N2O2S/c9-2-1-3-11-4-6-7-5-10-8-6/h5,9H,1-4H2. The van der Waals surface area contributed by atoms with E-state index in [1.54, 1.807) is 11.8 Å². The monoisotopic (exact) mass is 174 g/mol. The molecule has 0 amide bonds. The highest BCUT2D eigenvalue weighted by molar-refractivity contribution is 7.98. The predicted molar refractivity (Wildman–Crippen MR) is 42.2 cm³/mol. The molecule has 0 saturated heterocycles. The van der Waals surface area contributed by atoms with Crippen molar-refractivity contribution in [3.05, 3.63) is 12.2 Å². The Morgan fingerprint density at radius 3 is 3.18 bits per heavy atom. The van der Waals surface area contributed by atoms with E-state index in [1.807, 2.05) is 0 Å². The zero-order chi connectivity index (χ0) is 7.94. The Bertz CT molecular complexity index is 179. The van der Waals surface area contributed by atoms with Gasteiger partial charge < -0.3 is 9.63 Å². The smallest absolute Gasteiger partial charge is 0.213 e. The average molecular weight is 174 g/mol. The van der Waals surface area contributed by atoms with E-state index in [9.17, 15) is 0 Å². The minimum atomic E-state index is 0.249. The number of rotatable bonds is 5. The van der Waals surface area contributed by atoms with E-state index in [0.29, 0.717) is 5.82 Å². The van der Waals surface area contributed by atoms with E-state index in [-0.39, 0.29) is 6.61 Å². The van der Waals surface area contributed by atoms with Crippen molar-refractivity contribution < 1.29 is 9.63 Å². The van der Waals surface area contributed by atoms with E-state index in [1.165, 1.54) is 6.39 Å². The summed E-state index contributed by atoms with van der Waals surface area (Å²) in [7, 11) is 0. The first-order valence-electron chi connectivity index (χ1n) is 3.37. The molecule has 0 fully saturated rings. The molecule has 1 N–H and O–H groups in total. The molecule has 0 aliphatic rings. The fraction of sp³-hybridized carbons (Fsp3) is 0.667. The van der Waals surface area contributed by atoms with Crippen molar-refractivity contribution in [1.29, 1.82) is 0 Å². The molecule has 4 nitrogen and oxygen atoms in total. The summed E-state index contributed by atoms with van der Waals surface area (Å²) in [5.41, 5.74) is 0. The zero-order valence-electron chi connectivity index (χ0n) is 6.06. The fourth-order valence-corrected chi connectivity index (χ4v) is 1.37. The lowest BCUT2D eigenvalue weighted by Crippen LogP contribution is -1.88. The van der Waals surface area contributed by atoms with E-state index in [2.05, 4.69) is 14.7 Å². The minimum Gasteiger partial charge on any atom is -0.396 e. The van der Waals surface area contributed by atoms with Crippen molar-refractivity contribution in [2.24, 2.45) is 0 Å². The average Bonchev–Trinajstić information content (AvgIpc) is 2.50. The summed E-state index contributed by atoms with van der Waals surface area (Å²) >= 11 is 1.69. The molecule has 0 unspecified atom stereocenters. The van der Waals surface area contributed by atoms with E-state index < -0.39 is 0 Å². The van der Waals surface area contributed by atoms with Crippen LogP contribution in [0.5, 0.6) is 0 Å². The summed E-state index contributed by atoms with van der Waals surface area (Å²) in [6, 6.07) is 0. The lowest BCUT2D eigenvalue weighted by atomic mass is 10.5. The number of aromatic nitrogens is 2. The molecule has 0 radical (unpaired) electrons. The van der Waals surface area contributed by atoms with Crippen LogP contribution in [0.1, 0.15) is 12.2 Å². The van der Waals surface area contributed by atoms with Gasteiger partial charge in [0, 0.05) is 6.61 Å². The molecule has 5 heteroatoms. The van der Waals surface area contributed by atoms with Crippen LogP contribution in [0.25, 0.3) is 0 Å². The Morgan fingerprint density at radius 1 is 1.64 bits per heavy atom. The number of hydrogen-bond acceptors (Lipinski definition) is 5. The van der Waals surface area contributed by atoms with Crippen LogP contribution in [0.3, 0.4) is 0 Å². The van der Waals surface area contributed by atoms with Crippen molar-refractivity contribution in [3.8, 4) is 0 Å². The Hall–Kier alpha value is -0.550. The Morgan fingerprint density at radius 2 is 2.55 bits per heavy atom. The summed E-state index contributed by atoms with van der Waals surface area (Å²) in [5, 5.41) is 12.1. The maximum absolute atomic E-state index is 8.46. The third kappa shape index (κ3) is 3.38. The van der Waals surface area contributed by atoms with Gasteiger partial charge in [-0.2, -0.15) is 16.7 Å².